The summed E-state index contributed by atoms with van der Waals surface area (Å²) in [7, 11) is 0. The van der Waals surface area contributed by atoms with Gasteiger partial charge in [0.25, 0.3) is 5.91 Å². The van der Waals surface area contributed by atoms with Gasteiger partial charge >= 0.3 is 5.97 Å². The third-order valence-corrected chi connectivity index (χ3v) is 7.31. The zero-order valence-electron chi connectivity index (χ0n) is 22.1. The minimum absolute atomic E-state index is 0.0621. The standard InChI is InChI=1S/C27H41N3O5/c1-25(2,3)18-14-16(8-10-20(18)31)22(32)28-19-12-13-30(23(19)33)21-11-9-17(29-26(4,5)6)15-27(21,7)24(34)35/h8,10,14,17,19,21,29,31H,9,11-13,15H2,1-7H3,(H,28,32)(H,34,35)/t17?,19-,21?,27?/m0/s1. The zero-order valence-corrected chi connectivity index (χ0v) is 22.1. The number of nitrogens with zero attached hydrogens (tertiary/aromatic N) is 1. The lowest BCUT2D eigenvalue weighted by Crippen LogP contribution is -2.59. The van der Waals surface area contributed by atoms with Crippen molar-refractivity contribution < 1.29 is 24.6 Å². The normalized spacial score (nSPS) is 27.7. The summed E-state index contributed by atoms with van der Waals surface area (Å²) in [5, 5.41) is 26.7. The van der Waals surface area contributed by atoms with Crippen LogP contribution in [0.4, 0.5) is 0 Å². The number of aliphatic carboxylic acids is 1. The predicted octanol–water partition coefficient (Wildman–Crippen LogP) is 3.42. The average molecular weight is 488 g/mol. The van der Waals surface area contributed by atoms with Gasteiger partial charge in [-0.3, -0.25) is 14.4 Å². The Morgan fingerprint density at radius 1 is 1.09 bits per heavy atom. The van der Waals surface area contributed by atoms with Crippen LogP contribution in [-0.4, -0.2) is 63.1 Å². The molecule has 1 heterocycles. The van der Waals surface area contributed by atoms with Crippen LogP contribution in [0, 0.1) is 5.41 Å². The van der Waals surface area contributed by atoms with Crippen molar-refractivity contribution in [2.75, 3.05) is 6.54 Å². The summed E-state index contributed by atoms with van der Waals surface area (Å²) in [6.07, 6.45) is 2.25. The van der Waals surface area contributed by atoms with Crippen LogP contribution in [0.25, 0.3) is 0 Å². The fraction of sp³-hybridized carbons (Fsp3) is 0.667. The van der Waals surface area contributed by atoms with E-state index in [1.54, 1.807) is 24.0 Å². The highest BCUT2D eigenvalue weighted by atomic mass is 16.4. The van der Waals surface area contributed by atoms with Crippen LogP contribution >= 0.6 is 0 Å². The van der Waals surface area contributed by atoms with Gasteiger partial charge in [0.1, 0.15) is 11.8 Å². The molecule has 8 nitrogen and oxygen atoms in total. The van der Waals surface area contributed by atoms with E-state index in [1.807, 2.05) is 20.8 Å². The van der Waals surface area contributed by atoms with E-state index in [4.69, 9.17) is 0 Å². The van der Waals surface area contributed by atoms with E-state index < -0.39 is 23.5 Å². The van der Waals surface area contributed by atoms with Gasteiger partial charge in [-0.25, -0.2) is 0 Å². The van der Waals surface area contributed by atoms with Crippen molar-refractivity contribution in [3.8, 4) is 5.75 Å². The monoisotopic (exact) mass is 487 g/mol. The van der Waals surface area contributed by atoms with Gasteiger partial charge < -0.3 is 25.7 Å². The molecule has 3 rings (SSSR count). The number of amides is 2. The van der Waals surface area contributed by atoms with E-state index in [9.17, 15) is 24.6 Å². The molecule has 2 aliphatic rings. The number of likely N-dealkylation sites (tertiary alicyclic amines) is 1. The summed E-state index contributed by atoms with van der Waals surface area (Å²) in [5.74, 6) is -1.38. The molecular formula is C27H41N3O5. The Morgan fingerprint density at radius 2 is 1.74 bits per heavy atom. The average Bonchev–Trinajstić information content (AvgIpc) is 3.06. The second-order valence-electron chi connectivity index (χ2n) is 12.4. The number of hydrogen-bond donors (Lipinski definition) is 4. The predicted molar refractivity (Wildman–Crippen MR) is 134 cm³/mol. The minimum atomic E-state index is -1.08. The van der Waals surface area contributed by atoms with Crippen molar-refractivity contribution in [3.05, 3.63) is 29.3 Å². The number of carboxylic acid groups (broad SMARTS) is 1. The van der Waals surface area contributed by atoms with E-state index in [-0.39, 0.29) is 34.6 Å². The summed E-state index contributed by atoms with van der Waals surface area (Å²) in [4.78, 5) is 40.4. The molecule has 2 amide bonds. The van der Waals surface area contributed by atoms with E-state index in [2.05, 4.69) is 31.4 Å². The lowest BCUT2D eigenvalue weighted by molar-refractivity contribution is -0.158. The minimum Gasteiger partial charge on any atom is -0.508 e. The molecule has 0 radical (unpaired) electrons. The van der Waals surface area contributed by atoms with Crippen molar-refractivity contribution in [1.29, 1.82) is 0 Å². The van der Waals surface area contributed by atoms with Gasteiger partial charge in [0.15, 0.2) is 0 Å². The van der Waals surface area contributed by atoms with Gasteiger partial charge in [-0.15, -0.1) is 0 Å². The van der Waals surface area contributed by atoms with Gasteiger partial charge in [0.2, 0.25) is 5.91 Å². The van der Waals surface area contributed by atoms with E-state index in [0.29, 0.717) is 36.9 Å². The van der Waals surface area contributed by atoms with Crippen LogP contribution in [0.2, 0.25) is 0 Å². The fourth-order valence-corrected chi connectivity index (χ4v) is 5.56. The molecule has 1 aliphatic carbocycles. The van der Waals surface area contributed by atoms with Gasteiger partial charge in [-0.05, 0) is 77.0 Å². The number of rotatable bonds is 5. The SMILES string of the molecule is CC(C)(C)NC1CCC(N2CC[C@H](NC(=O)c3ccc(O)c(C(C)(C)C)c3)C2=O)C(C)(C(=O)O)C1. The molecule has 0 bridgehead atoms. The Morgan fingerprint density at radius 3 is 2.31 bits per heavy atom. The first kappa shape index (κ1) is 27.0. The van der Waals surface area contributed by atoms with Crippen LogP contribution in [0.15, 0.2) is 18.2 Å². The van der Waals surface area contributed by atoms with E-state index >= 15 is 0 Å². The molecule has 1 saturated carbocycles. The molecule has 2 fully saturated rings. The number of phenols is 1. The Balaban J connectivity index is 1.73. The molecule has 35 heavy (non-hydrogen) atoms. The maximum absolute atomic E-state index is 13.3. The maximum atomic E-state index is 13.3. The van der Waals surface area contributed by atoms with Crippen LogP contribution in [-0.2, 0) is 15.0 Å². The molecule has 1 saturated heterocycles. The lowest BCUT2D eigenvalue weighted by Gasteiger charge is -2.47. The molecule has 4 N–H and O–H groups in total. The maximum Gasteiger partial charge on any atom is 0.311 e. The Hall–Kier alpha value is -2.61. The Bertz CT molecular complexity index is 994. The zero-order chi connectivity index (χ0) is 26.3. The number of carbonyl (C=O) groups excluding carboxylic acids is 2. The summed E-state index contributed by atoms with van der Waals surface area (Å²) in [5.41, 5.74) is -0.515. The van der Waals surface area contributed by atoms with E-state index in [0.717, 1.165) is 6.42 Å². The molecule has 1 aliphatic heterocycles. The first-order valence-corrected chi connectivity index (χ1v) is 12.5. The number of carbonyl (C=O) groups is 3. The number of hydrogen-bond acceptors (Lipinski definition) is 5. The van der Waals surface area contributed by atoms with Crippen molar-refractivity contribution in [2.24, 2.45) is 5.41 Å². The van der Waals surface area contributed by atoms with Gasteiger partial charge in [-0.1, -0.05) is 20.8 Å². The van der Waals surface area contributed by atoms with Crippen molar-refractivity contribution >= 4 is 17.8 Å². The molecule has 194 valence electrons. The summed E-state index contributed by atoms with van der Waals surface area (Å²) >= 11 is 0. The third kappa shape index (κ3) is 5.80. The molecule has 0 aromatic heterocycles. The Kier molecular flexibility index (Phi) is 7.29. The summed E-state index contributed by atoms with van der Waals surface area (Å²) < 4.78 is 0. The summed E-state index contributed by atoms with van der Waals surface area (Å²) in [6, 6.07) is 3.65. The largest absolute Gasteiger partial charge is 0.508 e. The number of aromatic hydroxyl groups is 1. The first-order chi connectivity index (χ1) is 16.0. The molecule has 4 atom stereocenters. The van der Waals surface area contributed by atoms with Gasteiger partial charge in [0.05, 0.1) is 5.41 Å². The highest BCUT2D eigenvalue weighted by Gasteiger charge is 2.52. The number of nitrogens with one attached hydrogen (secondary N) is 2. The number of carboxylic acids is 1. The molecule has 3 unspecified atom stereocenters. The topological polar surface area (TPSA) is 119 Å². The fourth-order valence-electron chi connectivity index (χ4n) is 5.56. The van der Waals surface area contributed by atoms with Gasteiger partial charge in [-0.2, -0.15) is 0 Å². The van der Waals surface area contributed by atoms with Crippen molar-refractivity contribution in [2.45, 2.75) is 103 Å². The molecule has 1 aromatic carbocycles. The first-order valence-electron chi connectivity index (χ1n) is 12.5. The van der Waals surface area contributed by atoms with Crippen molar-refractivity contribution in [3.63, 3.8) is 0 Å². The number of benzene rings is 1. The highest BCUT2D eigenvalue weighted by Crippen LogP contribution is 2.41. The lowest BCUT2D eigenvalue weighted by atomic mass is 9.68. The van der Waals surface area contributed by atoms with Gasteiger partial charge in [0, 0.05) is 35.3 Å². The molecule has 8 heteroatoms. The second-order valence-corrected chi connectivity index (χ2v) is 12.4. The number of phenolic OH excluding ortho intramolecular Hbond substituents is 1. The second kappa shape index (κ2) is 9.45. The molecule has 0 spiro atoms. The molecular weight excluding hydrogens is 446 g/mol. The smallest absolute Gasteiger partial charge is 0.311 e. The van der Waals surface area contributed by atoms with E-state index in [1.165, 1.54) is 6.07 Å². The van der Waals surface area contributed by atoms with Crippen molar-refractivity contribution in [1.82, 2.24) is 15.5 Å². The third-order valence-electron chi connectivity index (χ3n) is 7.31. The molecule has 1 aromatic rings. The quantitative estimate of drug-likeness (QED) is 0.505. The van der Waals surface area contributed by atoms with Crippen LogP contribution in [0.5, 0.6) is 5.75 Å². The van der Waals surface area contributed by atoms with Crippen LogP contribution in [0.3, 0.4) is 0 Å². The van der Waals surface area contributed by atoms with Crippen LogP contribution < -0.4 is 10.6 Å². The summed E-state index contributed by atoms with van der Waals surface area (Å²) in [6.45, 7) is 14.2. The Labute approximate surface area is 208 Å². The highest BCUT2D eigenvalue weighted by molar-refractivity contribution is 5.98. The van der Waals surface area contributed by atoms with Crippen LogP contribution in [0.1, 0.15) is 90.1 Å².